The second kappa shape index (κ2) is 4.48. The SMILES string of the molecule is C[C@@]12CCC[C@]3(C)C(=O)O[C@H](C[C@@]4(CO4)[C@]14CC[C@@]1(CO[C@@H](O)C1)O4)[C@H]23. The molecular weight excluding hydrogens is 336 g/mol. The first kappa shape index (κ1) is 16.3. The Kier molecular flexibility index (Phi) is 2.80. The zero-order chi connectivity index (χ0) is 18.0. The Morgan fingerprint density at radius 3 is 2.58 bits per heavy atom. The van der Waals surface area contributed by atoms with Gasteiger partial charge < -0.3 is 24.1 Å². The first-order valence-corrected chi connectivity index (χ1v) is 10.1. The van der Waals surface area contributed by atoms with Gasteiger partial charge in [-0.1, -0.05) is 13.3 Å². The molecule has 0 aromatic carbocycles. The molecule has 6 heteroatoms. The lowest BCUT2D eigenvalue weighted by molar-refractivity contribution is -0.258. The molecule has 3 spiro atoms. The molecule has 26 heavy (non-hydrogen) atoms. The van der Waals surface area contributed by atoms with E-state index in [9.17, 15) is 9.90 Å². The van der Waals surface area contributed by atoms with Gasteiger partial charge in [-0.3, -0.25) is 4.79 Å². The van der Waals surface area contributed by atoms with Crippen molar-refractivity contribution in [3.05, 3.63) is 0 Å². The van der Waals surface area contributed by atoms with Crippen molar-refractivity contribution in [3.8, 4) is 0 Å². The van der Waals surface area contributed by atoms with Gasteiger partial charge in [-0.25, -0.2) is 0 Å². The van der Waals surface area contributed by atoms with Crippen molar-refractivity contribution in [2.24, 2.45) is 16.7 Å². The third-order valence-electron chi connectivity index (χ3n) is 8.95. The number of carbonyl (C=O) groups is 1. The van der Waals surface area contributed by atoms with Crippen molar-refractivity contribution < 1.29 is 28.8 Å². The molecule has 4 saturated heterocycles. The summed E-state index contributed by atoms with van der Waals surface area (Å²) in [5, 5.41) is 9.96. The van der Waals surface area contributed by atoms with Gasteiger partial charge in [-0.2, -0.15) is 0 Å². The zero-order valence-electron chi connectivity index (χ0n) is 15.6. The van der Waals surface area contributed by atoms with E-state index in [4.69, 9.17) is 18.9 Å². The Morgan fingerprint density at radius 1 is 1.08 bits per heavy atom. The molecule has 0 radical (unpaired) electrons. The summed E-state index contributed by atoms with van der Waals surface area (Å²) in [5.41, 5.74) is -1.74. The maximum atomic E-state index is 12.8. The van der Waals surface area contributed by atoms with E-state index < -0.39 is 22.9 Å². The van der Waals surface area contributed by atoms with Gasteiger partial charge in [-0.15, -0.1) is 0 Å². The summed E-state index contributed by atoms with van der Waals surface area (Å²) < 4.78 is 24.5. The van der Waals surface area contributed by atoms with Crippen LogP contribution in [-0.4, -0.2) is 53.5 Å². The molecule has 0 unspecified atom stereocenters. The Morgan fingerprint density at radius 2 is 1.88 bits per heavy atom. The van der Waals surface area contributed by atoms with Gasteiger partial charge in [0.25, 0.3) is 0 Å². The Hall–Kier alpha value is -0.690. The number of fused-ring (bicyclic) bond motifs is 2. The summed E-state index contributed by atoms with van der Waals surface area (Å²) in [6.07, 6.45) is 5.22. The fourth-order valence-corrected chi connectivity index (χ4v) is 7.82. The highest BCUT2D eigenvalue weighted by atomic mass is 16.7. The van der Waals surface area contributed by atoms with Crippen LogP contribution in [0.1, 0.15) is 58.8 Å². The lowest BCUT2D eigenvalue weighted by atomic mass is 9.44. The van der Waals surface area contributed by atoms with Crippen LogP contribution in [0.4, 0.5) is 0 Å². The molecule has 1 N–H and O–H groups in total. The van der Waals surface area contributed by atoms with E-state index in [1.165, 1.54) is 0 Å². The van der Waals surface area contributed by atoms with Crippen LogP contribution in [-0.2, 0) is 23.7 Å². The molecule has 8 atom stereocenters. The van der Waals surface area contributed by atoms with E-state index in [-0.39, 0.29) is 29.0 Å². The van der Waals surface area contributed by atoms with Crippen molar-refractivity contribution in [3.63, 3.8) is 0 Å². The highest BCUT2D eigenvalue weighted by Gasteiger charge is 2.82. The van der Waals surface area contributed by atoms with E-state index in [0.29, 0.717) is 19.6 Å². The molecule has 0 amide bonds. The third kappa shape index (κ3) is 1.59. The van der Waals surface area contributed by atoms with Crippen LogP contribution >= 0.6 is 0 Å². The lowest BCUT2D eigenvalue weighted by Crippen LogP contribution is -2.69. The number of ether oxygens (including phenoxy) is 4. The topological polar surface area (TPSA) is 77.5 Å². The minimum Gasteiger partial charge on any atom is -0.461 e. The number of esters is 1. The summed E-state index contributed by atoms with van der Waals surface area (Å²) in [6.45, 7) is 5.55. The molecule has 4 aliphatic heterocycles. The van der Waals surface area contributed by atoms with Gasteiger partial charge in [0.2, 0.25) is 0 Å². The van der Waals surface area contributed by atoms with E-state index in [0.717, 1.165) is 38.5 Å². The number of aliphatic hydroxyl groups is 1. The standard InChI is InChI=1S/C20H28O6/c1-16-4-3-5-17(2)14(16)12(25-15(16)22)8-19(11-24-19)20(17)7-6-18(26-20)9-13(21)23-10-18/h12-14,21H,3-11H2,1-2H3/t12-,13-,14+,16+,17+,18-,19-,20+/m1/s1. The maximum Gasteiger partial charge on any atom is 0.312 e. The summed E-state index contributed by atoms with van der Waals surface area (Å²) in [7, 11) is 0. The Bertz CT molecular complexity index is 690. The molecule has 2 saturated carbocycles. The molecule has 2 aliphatic carbocycles. The van der Waals surface area contributed by atoms with E-state index in [2.05, 4.69) is 13.8 Å². The number of epoxide rings is 1. The van der Waals surface area contributed by atoms with Crippen molar-refractivity contribution >= 4 is 5.97 Å². The van der Waals surface area contributed by atoms with Crippen LogP contribution < -0.4 is 0 Å². The second-order valence-corrected chi connectivity index (χ2v) is 10.2. The van der Waals surface area contributed by atoms with Gasteiger partial charge in [-0.05, 0) is 32.6 Å². The van der Waals surface area contributed by atoms with E-state index >= 15 is 0 Å². The fourth-order valence-electron chi connectivity index (χ4n) is 7.82. The van der Waals surface area contributed by atoms with Crippen molar-refractivity contribution in [1.82, 2.24) is 0 Å². The molecule has 6 fully saturated rings. The highest BCUT2D eigenvalue weighted by molar-refractivity contribution is 5.80. The quantitative estimate of drug-likeness (QED) is 0.523. The minimum absolute atomic E-state index is 0.0291. The molecule has 6 nitrogen and oxygen atoms in total. The fraction of sp³-hybridized carbons (Fsp3) is 0.950. The van der Waals surface area contributed by atoms with Gasteiger partial charge in [0.15, 0.2) is 6.29 Å². The molecule has 6 aliphatic rings. The second-order valence-electron chi connectivity index (χ2n) is 10.2. The first-order valence-electron chi connectivity index (χ1n) is 10.1. The van der Waals surface area contributed by atoms with Crippen LogP contribution in [0.15, 0.2) is 0 Å². The average Bonchev–Trinajstić information content (AvgIpc) is 2.99. The zero-order valence-corrected chi connectivity index (χ0v) is 15.6. The van der Waals surface area contributed by atoms with Gasteiger partial charge >= 0.3 is 5.97 Å². The van der Waals surface area contributed by atoms with Crippen molar-refractivity contribution in [2.75, 3.05) is 13.2 Å². The number of hydrogen-bond donors (Lipinski definition) is 1. The van der Waals surface area contributed by atoms with Crippen molar-refractivity contribution in [1.29, 1.82) is 0 Å². The predicted molar refractivity (Wildman–Crippen MR) is 89.1 cm³/mol. The first-order chi connectivity index (χ1) is 12.3. The maximum absolute atomic E-state index is 12.8. The molecule has 6 rings (SSSR count). The van der Waals surface area contributed by atoms with Gasteiger partial charge in [0.1, 0.15) is 17.3 Å². The van der Waals surface area contributed by atoms with E-state index in [1.807, 2.05) is 0 Å². The van der Waals surface area contributed by atoms with Crippen LogP contribution in [0.2, 0.25) is 0 Å². The molecular formula is C20H28O6. The monoisotopic (exact) mass is 364 g/mol. The summed E-state index contributed by atoms with van der Waals surface area (Å²) >= 11 is 0. The third-order valence-corrected chi connectivity index (χ3v) is 8.95. The minimum atomic E-state index is -0.738. The van der Waals surface area contributed by atoms with Gasteiger partial charge in [0, 0.05) is 24.2 Å². The van der Waals surface area contributed by atoms with Crippen LogP contribution in [0.25, 0.3) is 0 Å². The normalized spacial score (nSPS) is 62.9. The Balaban J connectivity index is 1.48. The summed E-state index contributed by atoms with van der Waals surface area (Å²) in [4.78, 5) is 12.8. The largest absolute Gasteiger partial charge is 0.461 e. The van der Waals surface area contributed by atoms with Gasteiger partial charge in [0.05, 0.1) is 24.2 Å². The lowest BCUT2D eigenvalue weighted by Gasteiger charge is -2.61. The number of hydrogen-bond acceptors (Lipinski definition) is 6. The summed E-state index contributed by atoms with van der Waals surface area (Å²) in [6, 6.07) is 0. The van der Waals surface area contributed by atoms with Crippen LogP contribution in [0, 0.1) is 16.7 Å². The number of carbonyl (C=O) groups excluding carboxylic acids is 1. The van der Waals surface area contributed by atoms with Crippen molar-refractivity contribution in [2.45, 2.75) is 88.0 Å². The Labute approximate surface area is 153 Å². The number of aliphatic hydroxyl groups excluding tert-OH is 1. The summed E-state index contributed by atoms with van der Waals surface area (Å²) in [5.74, 6) is 0.145. The molecule has 0 bridgehead atoms. The molecule has 144 valence electrons. The highest BCUT2D eigenvalue weighted by Crippen LogP contribution is 2.74. The molecule has 4 heterocycles. The predicted octanol–water partition coefficient (Wildman–Crippen LogP) is 1.92. The smallest absolute Gasteiger partial charge is 0.312 e. The molecule has 0 aromatic rings. The average molecular weight is 364 g/mol. The van der Waals surface area contributed by atoms with Crippen LogP contribution in [0.3, 0.4) is 0 Å². The molecule has 0 aromatic heterocycles. The number of rotatable bonds is 0. The van der Waals surface area contributed by atoms with E-state index in [1.54, 1.807) is 0 Å². The van der Waals surface area contributed by atoms with Crippen LogP contribution in [0.5, 0.6) is 0 Å².